The van der Waals surface area contributed by atoms with Crippen molar-refractivity contribution in [3.63, 3.8) is 0 Å². The normalized spacial score (nSPS) is 14.0. The fourth-order valence-electron chi connectivity index (χ4n) is 3.63. The second-order valence-corrected chi connectivity index (χ2v) is 10.6. The molecule has 2 unspecified atom stereocenters. The first kappa shape index (κ1) is 24.6. The van der Waals surface area contributed by atoms with Crippen LogP contribution in [0.3, 0.4) is 0 Å². The van der Waals surface area contributed by atoms with Crippen molar-refractivity contribution < 1.29 is 26.9 Å². The average Bonchev–Trinajstić information content (AvgIpc) is 2.70. The molecule has 2 aromatic carbocycles. The molecule has 2 atom stereocenters. The topological polar surface area (TPSA) is 106 Å². The van der Waals surface area contributed by atoms with Gasteiger partial charge in [-0.25, -0.2) is 14.2 Å². The predicted octanol–water partition coefficient (Wildman–Crippen LogP) is 5.58. The van der Waals surface area contributed by atoms with Crippen molar-refractivity contribution in [1.82, 2.24) is 10.3 Å². The van der Waals surface area contributed by atoms with Crippen molar-refractivity contribution >= 4 is 27.1 Å². The molecule has 0 saturated carbocycles. The van der Waals surface area contributed by atoms with E-state index in [4.69, 9.17) is 4.74 Å². The van der Waals surface area contributed by atoms with Crippen LogP contribution in [0.1, 0.15) is 57.2 Å². The van der Waals surface area contributed by atoms with E-state index in [9.17, 15) is 22.2 Å². The van der Waals surface area contributed by atoms with Crippen LogP contribution < -0.4 is 5.32 Å². The molecule has 1 aromatic heterocycles. The predicted molar refractivity (Wildman–Crippen MR) is 125 cm³/mol. The number of nitrogens with zero attached hydrogens (tertiary/aromatic N) is 1. The zero-order chi connectivity index (χ0) is 24.6. The molecule has 0 aliphatic rings. The number of benzene rings is 2. The Bertz CT molecular complexity index is 1290. The zero-order valence-corrected chi connectivity index (χ0v) is 19.9. The fraction of sp³-hybridized carbons (Fsp3) is 0.333. The molecule has 2 N–H and O–H groups in total. The van der Waals surface area contributed by atoms with Gasteiger partial charge in [-0.3, -0.25) is 4.55 Å². The molecule has 0 bridgehead atoms. The van der Waals surface area contributed by atoms with Gasteiger partial charge in [-0.05, 0) is 63.9 Å². The minimum Gasteiger partial charge on any atom is -0.444 e. The summed E-state index contributed by atoms with van der Waals surface area (Å²) in [5, 5.41) is 1.61. The van der Waals surface area contributed by atoms with Gasteiger partial charge in [-0.2, -0.15) is 8.42 Å². The first-order valence-electron chi connectivity index (χ1n) is 10.4. The highest BCUT2D eigenvalue weighted by Gasteiger charge is 2.30. The molecule has 0 spiro atoms. The lowest BCUT2D eigenvalue weighted by molar-refractivity contribution is 0.0507. The number of alkyl carbamates (subject to hydrolysis) is 1. The van der Waals surface area contributed by atoms with E-state index in [0.29, 0.717) is 22.3 Å². The van der Waals surface area contributed by atoms with Crippen molar-refractivity contribution in [2.45, 2.75) is 51.5 Å². The van der Waals surface area contributed by atoms with Crippen LogP contribution in [0.25, 0.3) is 22.0 Å². The molecule has 176 valence electrons. The number of halogens is 1. The zero-order valence-electron chi connectivity index (χ0n) is 19.1. The van der Waals surface area contributed by atoms with E-state index < -0.39 is 38.9 Å². The Morgan fingerprint density at radius 3 is 2.33 bits per heavy atom. The van der Waals surface area contributed by atoms with E-state index in [2.05, 4.69) is 10.3 Å². The summed E-state index contributed by atoms with van der Waals surface area (Å²) in [6, 6.07) is 12.0. The lowest BCUT2D eigenvalue weighted by Gasteiger charge is -2.25. The van der Waals surface area contributed by atoms with Crippen LogP contribution in [0.15, 0.2) is 48.5 Å². The van der Waals surface area contributed by atoms with Crippen molar-refractivity contribution in [2.24, 2.45) is 0 Å². The third-order valence-corrected chi connectivity index (χ3v) is 6.20. The molecule has 7 nitrogen and oxygen atoms in total. The van der Waals surface area contributed by atoms with Crippen LogP contribution in [0.5, 0.6) is 0 Å². The maximum Gasteiger partial charge on any atom is 0.408 e. The summed E-state index contributed by atoms with van der Waals surface area (Å²) in [7, 11) is -4.54. The number of hydrogen-bond acceptors (Lipinski definition) is 5. The first-order chi connectivity index (χ1) is 15.3. The highest BCUT2D eigenvalue weighted by Crippen LogP contribution is 2.41. The summed E-state index contributed by atoms with van der Waals surface area (Å²) in [5.41, 5.74) is 1.16. The molecule has 0 aliphatic heterocycles. The maximum absolute atomic E-state index is 14.2. The summed E-state index contributed by atoms with van der Waals surface area (Å²) in [4.78, 5) is 17.1. The second-order valence-electron chi connectivity index (χ2n) is 8.84. The minimum atomic E-state index is -4.54. The fourth-order valence-corrected chi connectivity index (χ4v) is 4.17. The summed E-state index contributed by atoms with van der Waals surface area (Å²) in [6.45, 7) is 8.23. The Labute approximate surface area is 192 Å². The summed E-state index contributed by atoms with van der Waals surface area (Å²) < 4.78 is 53.9. The van der Waals surface area contributed by atoms with E-state index in [1.807, 2.05) is 0 Å². The third-order valence-electron chi connectivity index (χ3n) is 5.07. The Morgan fingerprint density at radius 2 is 1.76 bits per heavy atom. The molecule has 33 heavy (non-hydrogen) atoms. The standard InChI is InChI=1S/C24H27FN2O5S/c1-14(26-23(28)32-24(3,4)5)22-21(16-9-7-6-8-10-16)20(15(2)33(29,30)31)18-13-17(25)11-12-19(18)27-22/h6-15H,1-5H3,(H,26,28)(H,29,30,31). The quantitative estimate of drug-likeness (QED) is 0.468. The van der Waals surface area contributed by atoms with Gasteiger partial charge >= 0.3 is 6.09 Å². The van der Waals surface area contributed by atoms with Gasteiger partial charge < -0.3 is 10.1 Å². The van der Waals surface area contributed by atoms with Gasteiger partial charge in [0.15, 0.2) is 0 Å². The van der Waals surface area contributed by atoms with Crippen LogP contribution >= 0.6 is 0 Å². The molecule has 0 radical (unpaired) electrons. The number of hydrogen-bond donors (Lipinski definition) is 2. The Kier molecular flexibility index (Phi) is 6.76. The summed E-state index contributed by atoms with van der Waals surface area (Å²) >= 11 is 0. The van der Waals surface area contributed by atoms with Gasteiger partial charge in [0.25, 0.3) is 10.1 Å². The number of amides is 1. The summed E-state index contributed by atoms with van der Waals surface area (Å²) in [6.07, 6.45) is -0.667. The van der Waals surface area contributed by atoms with Gasteiger partial charge in [0.1, 0.15) is 16.7 Å². The van der Waals surface area contributed by atoms with Crippen molar-refractivity contribution in [1.29, 1.82) is 0 Å². The van der Waals surface area contributed by atoms with Crippen LogP contribution in [0, 0.1) is 5.82 Å². The van der Waals surface area contributed by atoms with Crippen molar-refractivity contribution in [3.8, 4) is 11.1 Å². The highest BCUT2D eigenvalue weighted by molar-refractivity contribution is 7.86. The Morgan fingerprint density at radius 1 is 1.12 bits per heavy atom. The second kappa shape index (κ2) is 9.07. The van der Waals surface area contributed by atoms with Crippen LogP contribution in [-0.4, -0.2) is 29.6 Å². The van der Waals surface area contributed by atoms with Crippen molar-refractivity contribution in [3.05, 3.63) is 65.6 Å². The molecule has 1 heterocycles. The van der Waals surface area contributed by atoms with E-state index in [0.717, 1.165) is 0 Å². The monoisotopic (exact) mass is 474 g/mol. The molecule has 3 rings (SSSR count). The Hall–Kier alpha value is -3.04. The van der Waals surface area contributed by atoms with Crippen molar-refractivity contribution in [2.75, 3.05) is 0 Å². The number of nitrogens with one attached hydrogen (secondary N) is 1. The maximum atomic E-state index is 14.2. The first-order valence-corrected chi connectivity index (χ1v) is 11.9. The molecule has 0 fully saturated rings. The molecular weight excluding hydrogens is 447 g/mol. The average molecular weight is 475 g/mol. The van der Waals surface area contributed by atoms with Gasteiger partial charge in [0, 0.05) is 10.9 Å². The molecular formula is C24H27FN2O5S. The number of carbonyl (C=O) groups is 1. The summed E-state index contributed by atoms with van der Waals surface area (Å²) in [5.74, 6) is -0.570. The lowest BCUT2D eigenvalue weighted by atomic mass is 9.90. The minimum absolute atomic E-state index is 0.195. The molecule has 1 amide bonds. The number of fused-ring (bicyclic) bond motifs is 1. The molecule has 0 saturated heterocycles. The van der Waals surface area contributed by atoms with Gasteiger partial charge in [0.2, 0.25) is 0 Å². The van der Waals surface area contributed by atoms with E-state index in [1.54, 1.807) is 58.0 Å². The largest absolute Gasteiger partial charge is 0.444 e. The highest BCUT2D eigenvalue weighted by atomic mass is 32.2. The Balaban J connectivity index is 2.33. The van der Waals surface area contributed by atoms with E-state index in [-0.39, 0.29) is 10.9 Å². The van der Waals surface area contributed by atoms with Gasteiger partial charge in [-0.15, -0.1) is 0 Å². The number of pyridine rings is 1. The number of ether oxygens (including phenoxy) is 1. The molecule has 9 heteroatoms. The van der Waals surface area contributed by atoms with Crippen LogP contribution in [-0.2, 0) is 14.9 Å². The van der Waals surface area contributed by atoms with Gasteiger partial charge in [0.05, 0.1) is 17.3 Å². The molecule has 3 aromatic rings. The third kappa shape index (κ3) is 5.66. The SMILES string of the molecule is CC(NC(=O)OC(C)(C)C)c1nc2ccc(F)cc2c(C(C)S(=O)(=O)O)c1-c1ccccc1. The number of aromatic nitrogens is 1. The molecule has 0 aliphatic carbocycles. The number of carbonyl (C=O) groups excluding carboxylic acids is 1. The lowest BCUT2D eigenvalue weighted by Crippen LogP contribution is -2.34. The van der Waals surface area contributed by atoms with Crippen LogP contribution in [0.4, 0.5) is 9.18 Å². The van der Waals surface area contributed by atoms with E-state index >= 15 is 0 Å². The smallest absolute Gasteiger partial charge is 0.408 e. The van der Waals surface area contributed by atoms with Gasteiger partial charge in [-0.1, -0.05) is 30.3 Å². The van der Waals surface area contributed by atoms with Crippen LogP contribution in [0.2, 0.25) is 0 Å². The van der Waals surface area contributed by atoms with E-state index in [1.165, 1.54) is 25.1 Å². The number of rotatable bonds is 5.